The van der Waals surface area contributed by atoms with Gasteiger partial charge in [-0.15, -0.1) is 0 Å². The fourth-order valence-electron chi connectivity index (χ4n) is 1.44. The molecule has 1 N–H and O–H groups in total. The lowest BCUT2D eigenvalue weighted by Gasteiger charge is -2.13. The molecule has 1 aliphatic carbocycles. The predicted molar refractivity (Wildman–Crippen MR) is 63.5 cm³/mol. The Morgan fingerprint density at radius 1 is 1.47 bits per heavy atom. The van der Waals surface area contributed by atoms with Crippen molar-refractivity contribution in [3.05, 3.63) is 24.3 Å². The van der Waals surface area contributed by atoms with Crippen molar-refractivity contribution >= 4 is 5.69 Å². The number of nitrogens with one attached hydrogen (secondary N) is 1. The molecule has 0 spiro atoms. The van der Waals surface area contributed by atoms with Crippen molar-refractivity contribution in [3.8, 4) is 5.75 Å². The van der Waals surface area contributed by atoms with E-state index in [-0.39, 0.29) is 0 Å². The first-order chi connectivity index (χ1) is 7.28. The molecule has 82 valence electrons. The summed E-state index contributed by atoms with van der Waals surface area (Å²) in [5.74, 6) is 0.968. The van der Waals surface area contributed by atoms with Crippen LogP contribution in [0.5, 0.6) is 5.75 Å². The molecular weight excluding hydrogens is 186 g/mol. The van der Waals surface area contributed by atoms with Crippen LogP contribution in [0.1, 0.15) is 33.1 Å². The van der Waals surface area contributed by atoms with Gasteiger partial charge in [0.25, 0.3) is 0 Å². The Morgan fingerprint density at radius 2 is 2.27 bits per heavy atom. The lowest BCUT2D eigenvalue weighted by molar-refractivity contribution is 0.217. The van der Waals surface area contributed by atoms with Crippen molar-refractivity contribution in [1.29, 1.82) is 0 Å². The van der Waals surface area contributed by atoms with Crippen molar-refractivity contribution in [3.63, 3.8) is 0 Å². The van der Waals surface area contributed by atoms with Crippen LogP contribution in [0.2, 0.25) is 0 Å². The highest BCUT2D eigenvalue weighted by molar-refractivity contribution is 5.49. The molecule has 2 heteroatoms. The van der Waals surface area contributed by atoms with E-state index in [1.54, 1.807) is 0 Å². The molecule has 1 unspecified atom stereocenters. The molecule has 0 aromatic heterocycles. The first kappa shape index (κ1) is 10.3. The minimum absolute atomic E-state index is 0.293. The molecule has 1 saturated carbocycles. The molecule has 1 aromatic carbocycles. The Bertz CT molecular complexity index is 320. The molecule has 0 amide bonds. The summed E-state index contributed by atoms with van der Waals surface area (Å²) in [5.41, 5.74) is 1.18. The van der Waals surface area contributed by atoms with Crippen LogP contribution < -0.4 is 10.1 Å². The molecule has 2 rings (SSSR count). The van der Waals surface area contributed by atoms with Gasteiger partial charge in [-0.3, -0.25) is 0 Å². The third-order valence-electron chi connectivity index (χ3n) is 2.69. The molecule has 15 heavy (non-hydrogen) atoms. The van der Waals surface area contributed by atoms with E-state index in [0.717, 1.165) is 12.2 Å². The summed E-state index contributed by atoms with van der Waals surface area (Å²) in [5, 5.41) is 3.47. The largest absolute Gasteiger partial charge is 0.491 e. The molecule has 0 radical (unpaired) electrons. The van der Waals surface area contributed by atoms with E-state index in [0.29, 0.717) is 12.1 Å². The van der Waals surface area contributed by atoms with E-state index in [1.165, 1.54) is 18.5 Å². The average molecular weight is 205 g/mol. The third kappa shape index (κ3) is 3.15. The summed E-state index contributed by atoms with van der Waals surface area (Å²) in [7, 11) is 0. The first-order valence-corrected chi connectivity index (χ1v) is 5.81. The molecule has 0 heterocycles. The fourth-order valence-corrected chi connectivity index (χ4v) is 1.44. The highest BCUT2D eigenvalue weighted by Crippen LogP contribution is 2.26. The normalized spacial score (nSPS) is 17.2. The monoisotopic (exact) mass is 205 g/mol. The predicted octanol–water partition coefficient (Wildman–Crippen LogP) is 3.44. The van der Waals surface area contributed by atoms with Crippen LogP contribution in [-0.4, -0.2) is 12.1 Å². The van der Waals surface area contributed by atoms with Gasteiger partial charge in [0.2, 0.25) is 0 Å². The zero-order valence-corrected chi connectivity index (χ0v) is 9.49. The summed E-state index contributed by atoms with van der Waals surface area (Å²) < 4.78 is 5.77. The average Bonchev–Trinajstić information content (AvgIpc) is 3.02. The maximum atomic E-state index is 5.77. The third-order valence-corrected chi connectivity index (χ3v) is 2.69. The lowest BCUT2D eigenvalue weighted by atomic mass is 10.2. The van der Waals surface area contributed by atoms with Crippen molar-refractivity contribution in [1.82, 2.24) is 0 Å². The molecule has 1 fully saturated rings. The van der Waals surface area contributed by atoms with E-state index in [4.69, 9.17) is 4.74 Å². The summed E-state index contributed by atoms with van der Waals surface area (Å²) in [6.45, 7) is 4.23. The number of benzene rings is 1. The molecule has 2 nitrogen and oxygen atoms in total. The molecule has 1 atom stereocenters. The first-order valence-electron chi connectivity index (χ1n) is 5.81. The number of rotatable bonds is 5. The topological polar surface area (TPSA) is 21.3 Å². The molecule has 0 saturated heterocycles. The number of anilines is 1. The van der Waals surface area contributed by atoms with Gasteiger partial charge >= 0.3 is 0 Å². The Balaban J connectivity index is 1.97. The summed E-state index contributed by atoms with van der Waals surface area (Å²) in [4.78, 5) is 0. The van der Waals surface area contributed by atoms with Gasteiger partial charge in [0.1, 0.15) is 5.75 Å². The van der Waals surface area contributed by atoms with Crippen LogP contribution in [0.4, 0.5) is 5.69 Å². The zero-order valence-electron chi connectivity index (χ0n) is 9.49. The van der Waals surface area contributed by atoms with Gasteiger partial charge in [-0.2, -0.15) is 0 Å². The summed E-state index contributed by atoms with van der Waals surface area (Å²) in [6, 6.07) is 8.95. The standard InChI is InChI=1S/C13H19NO/c1-3-10(2)15-13-6-4-5-12(9-13)14-11-7-8-11/h4-6,9-11,14H,3,7-8H2,1-2H3. The molecule has 1 aliphatic rings. The maximum Gasteiger partial charge on any atom is 0.121 e. The van der Waals surface area contributed by atoms with Crippen LogP contribution in [0.25, 0.3) is 0 Å². The second-order valence-corrected chi connectivity index (χ2v) is 4.28. The van der Waals surface area contributed by atoms with Gasteiger partial charge in [0, 0.05) is 17.8 Å². The Kier molecular flexibility index (Phi) is 3.14. The van der Waals surface area contributed by atoms with Gasteiger partial charge in [-0.1, -0.05) is 13.0 Å². The number of hydrogen-bond donors (Lipinski definition) is 1. The van der Waals surface area contributed by atoms with E-state index < -0.39 is 0 Å². The SMILES string of the molecule is CCC(C)Oc1cccc(NC2CC2)c1. The Morgan fingerprint density at radius 3 is 2.93 bits per heavy atom. The molecule has 0 aliphatic heterocycles. The van der Waals surface area contributed by atoms with Crippen molar-refractivity contribution in [2.75, 3.05) is 5.32 Å². The van der Waals surface area contributed by atoms with Crippen molar-refractivity contribution in [2.24, 2.45) is 0 Å². The summed E-state index contributed by atoms with van der Waals surface area (Å²) in [6.07, 6.45) is 3.94. The van der Waals surface area contributed by atoms with Gasteiger partial charge in [-0.25, -0.2) is 0 Å². The highest BCUT2D eigenvalue weighted by atomic mass is 16.5. The minimum Gasteiger partial charge on any atom is -0.491 e. The van der Waals surface area contributed by atoms with Crippen molar-refractivity contribution < 1.29 is 4.74 Å². The van der Waals surface area contributed by atoms with Crippen LogP contribution in [0, 0.1) is 0 Å². The van der Waals surface area contributed by atoms with Gasteiger partial charge < -0.3 is 10.1 Å². The Hall–Kier alpha value is -1.18. The fraction of sp³-hybridized carbons (Fsp3) is 0.538. The van der Waals surface area contributed by atoms with E-state index in [2.05, 4.69) is 31.3 Å². The van der Waals surface area contributed by atoms with Crippen LogP contribution in [-0.2, 0) is 0 Å². The van der Waals surface area contributed by atoms with Crippen molar-refractivity contribution in [2.45, 2.75) is 45.3 Å². The minimum atomic E-state index is 0.293. The molecular formula is C13H19NO. The maximum absolute atomic E-state index is 5.77. The number of hydrogen-bond acceptors (Lipinski definition) is 2. The second kappa shape index (κ2) is 4.56. The van der Waals surface area contributed by atoms with Gasteiger partial charge in [0.05, 0.1) is 6.10 Å². The Labute approximate surface area is 91.6 Å². The zero-order chi connectivity index (χ0) is 10.7. The molecule has 0 bridgehead atoms. The second-order valence-electron chi connectivity index (χ2n) is 4.28. The van der Waals surface area contributed by atoms with E-state index in [1.807, 2.05) is 12.1 Å². The van der Waals surface area contributed by atoms with Gasteiger partial charge in [-0.05, 0) is 38.3 Å². The highest BCUT2D eigenvalue weighted by Gasteiger charge is 2.20. The van der Waals surface area contributed by atoms with Crippen LogP contribution >= 0.6 is 0 Å². The van der Waals surface area contributed by atoms with E-state index >= 15 is 0 Å². The van der Waals surface area contributed by atoms with Crippen LogP contribution in [0.15, 0.2) is 24.3 Å². The van der Waals surface area contributed by atoms with Gasteiger partial charge in [0.15, 0.2) is 0 Å². The van der Waals surface area contributed by atoms with Crippen LogP contribution in [0.3, 0.4) is 0 Å². The molecule has 1 aromatic rings. The lowest BCUT2D eigenvalue weighted by Crippen LogP contribution is -2.10. The summed E-state index contributed by atoms with van der Waals surface area (Å²) >= 11 is 0. The van der Waals surface area contributed by atoms with E-state index in [9.17, 15) is 0 Å². The number of ether oxygens (including phenoxy) is 1. The smallest absolute Gasteiger partial charge is 0.121 e. The quantitative estimate of drug-likeness (QED) is 0.795.